The number of carbonyl (C=O) groups excluding carboxylic acids is 6. The molecule has 7 amide bonds. The zero-order valence-corrected chi connectivity index (χ0v) is 55.9. The molecule has 0 aliphatic carbocycles. The number of primary amides is 1. The number of benzene rings is 1. The minimum absolute atomic E-state index is 0.0174. The van der Waals surface area contributed by atoms with Crippen LogP contribution in [0.5, 0.6) is 0 Å². The number of imidazole rings is 2. The van der Waals surface area contributed by atoms with E-state index in [0.717, 1.165) is 4.90 Å². The molecule has 0 radical (unpaired) electrons. The summed E-state index contributed by atoms with van der Waals surface area (Å²) in [5, 5.41) is 13.0. The van der Waals surface area contributed by atoms with Crippen LogP contribution in [0.4, 0.5) is 31.8 Å². The molecule has 1 aromatic carbocycles. The van der Waals surface area contributed by atoms with Gasteiger partial charge in [0.2, 0.25) is 23.7 Å². The molecule has 2 fully saturated rings. The zero-order chi connectivity index (χ0) is 69.9. The minimum Gasteiger partial charge on any atom is -0.445 e. The smallest absolute Gasteiger partial charge is 0.445 e. The molecule has 10 atom stereocenters. The van der Waals surface area contributed by atoms with Crippen LogP contribution in [0, 0.1) is 5.92 Å². The van der Waals surface area contributed by atoms with Gasteiger partial charge in [-0.2, -0.15) is 4.98 Å². The maximum absolute atomic E-state index is 14.3. The highest BCUT2D eigenvalue weighted by Gasteiger charge is 2.55. The van der Waals surface area contributed by atoms with Gasteiger partial charge < -0.3 is 86.3 Å². The first kappa shape index (κ1) is 74.0. The number of nitrogens with one attached hydrogen (secondary N) is 5. The molecule has 14 N–H and O–H groups in total. The van der Waals surface area contributed by atoms with E-state index in [2.05, 4.69) is 61.2 Å². The van der Waals surface area contributed by atoms with E-state index in [1.165, 1.54) is 59.2 Å². The molecule has 6 heterocycles. The second-order valence-electron chi connectivity index (χ2n) is 23.9. The normalized spacial score (nSPS) is 20.3. The predicted octanol–water partition coefficient (Wildman–Crippen LogP) is 2.34. The van der Waals surface area contributed by atoms with Gasteiger partial charge in [-0.25, -0.2) is 43.4 Å². The number of ether oxygens (including phenoxy) is 4. The van der Waals surface area contributed by atoms with Crippen LogP contribution >= 0.6 is 15.6 Å². The number of fused-ring (bicyclic) bond motifs is 2. The SMILES string of the molecule is CC(C)[C@H](NC(=O)CN=[N+]=[N-])C(=O)N[C@@H](CCCNC(N)=O)C(=O)Nc1ccc(COC(=O)N(C)CCN(C)C(=O)O[C@@H]2C[C@@H](COP(=O)(O)OC3C(O[Si](C)(C)C(C)(C)C)[C@H](n4cnc5c(N)ncnc54)O[C@@H]3COP(=O)(O)O)O[C@H]2n2cnc3c(=O)[nH]c(N)nc32)cc1. The van der Waals surface area contributed by atoms with Crippen LogP contribution in [0.3, 0.4) is 0 Å². The molecule has 0 bridgehead atoms. The average molecular weight is 1390 g/mol. The highest BCUT2D eigenvalue weighted by molar-refractivity contribution is 7.47. The molecule has 2 aliphatic rings. The minimum atomic E-state index is -5.32. The lowest BCUT2D eigenvalue weighted by atomic mass is 10.0. The molecule has 43 heteroatoms. The summed E-state index contributed by atoms with van der Waals surface area (Å²) in [6, 6.07) is 3.16. The summed E-state index contributed by atoms with van der Waals surface area (Å²) < 4.78 is 76.2. The van der Waals surface area contributed by atoms with Gasteiger partial charge in [0.1, 0.15) is 55.4 Å². The Labute approximate surface area is 542 Å². The number of amides is 7. The van der Waals surface area contributed by atoms with Gasteiger partial charge in [-0.3, -0.25) is 46.9 Å². The third-order valence-electron chi connectivity index (χ3n) is 15.5. The van der Waals surface area contributed by atoms with Crippen molar-refractivity contribution in [1.82, 2.24) is 64.8 Å². The molecule has 0 spiro atoms. The van der Waals surface area contributed by atoms with E-state index in [1.807, 2.05) is 33.9 Å². The van der Waals surface area contributed by atoms with Crippen molar-refractivity contribution in [2.24, 2.45) is 16.8 Å². The standard InChI is InChI=1S/C52H78N20O20P2Si/c1-27(2)35(65-34(73)20-62-68-56)44(75)64-31(11-10-16-57-49(55)77)43(74)63-29-14-12-28(13-15-29)21-85-50(78)69(6)17-18-70(7)51(79)90-32-19-30(88-46(32)72-26-61-37-42(72)66-48(54)67-45(37)76)22-87-94(83,84)91-38-33(23-86-93(80,81)82)89-47(39(38)92-95(8,9)52(3,4)5)71-25-60-36-40(53)58-24-59-41(36)71/h12-15,24-27,30-33,35,38-39,46-47H,10-11,16-23H2,1-9H3,(H,63,74)(H,64,75)(H,65,73)(H,83,84)(H2,53,58,59)(H3,55,57,77)(H2,80,81,82)(H3,54,66,67,76)/t30-,31-,32+,33+,35-,38?,39?,46+,47+/m0/s1. The number of hydrogen-bond donors (Lipinski definition) is 11. The Balaban J connectivity index is 0.984. The Morgan fingerprint density at radius 1 is 0.895 bits per heavy atom. The number of aromatic nitrogens is 8. The van der Waals surface area contributed by atoms with Crippen molar-refractivity contribution in [2.75, 3.05) is 70.3 Å². The highest BCUT2D eigenvalue weighted by Crippen LogP contribution is 2.52. The van der Waals surface area contributed by atoms with E-state index in [-0.39, 0.29) is 79.6 Å². The number of phosphoric ester groups is 2. The first-order valence-corrected chi connectivity index (χ1v) is 35.3. The molecular weight excluding hydrogens is 1310 g/mol. The summed E-state index contributed by atoms with van der Waals surface area (Å²) in [6.07, 6.45) is -7.58. The van der Waals surface area contributed by atoms with Crippen LogP contribution in [0.1, 0.15) is 71.9 Å². The van der Waals surface area contributed by atoms with Crippen molar-refractivity contribution in [2.45, 2.75) is 134 Å². The lowest BCUT2D eigenvalue weighted by Crippen LogP contribution is -2.55. The molecule has 3 unspecified atom stereocenters. The van der Waals surface area contributed by atoms with Crippen molar-refractivity contribution in [3.8, 4) is 0 Å². The van der Waals surface area contributed by atoms with Gasteiger partial charge in [-0.05, 0) is 60.1 Å². The monoisotopic (exact) mass is 1390 g/mol. The number of hydrogen-bond acceptors (Lipinski definition) is 25. The quantitative estimate of drug-likeness (QED) is 0.00785. The Bertz CT molecular complexity index is 3790. The van der Waals surface area contributed by atoms with Crippen molar-refractivity contribution < 1.29 is 89.5 Å². The summed E-state index contributed by atoms with van der Waals surface area (Å²) in [5.41, 5.74) is 25.9. The number of anilines is 3. The number of aromatic amines is 1. The summed E-state index contributed by atoms with van der Waals surface area (Å²) in [7, 11) is -10.6. The number of nitrogen functional groups attached to an aromatic ring is 2. The van der Waals surface area contributed by atoms with Gasteiger partial charge in [-0.1, -0.05) is 51.9 Å². The topological polar surface area (TPSA) is 560 Å². The van der Waals surface area contributed by atoms with Crippen LogP contribution in [-0.4, -0.2) is 204 Å². The summed E-state index contributed by atoms with van der Waals surface area (Å²) in [4.78, 5) is 150. The van der Waals surface area contributed by atoms with Gasteiger partial charge in [0.15, 0.2) is 49.5 Å². The van der Waals surface area contributed by atoms with E-state index in [0.29, 0.717) is 11.3 Å². The fourth-order valence-corrected chi connectivity index (χ4v) is 12.1. The molecule has 2 aliphatic heterocycles. The van der Waals surface area contributed by atoms with Gasteiger partial charge in [-0.15, -0.1) is 0 Å². The second kappa shape index (κ2) is 31.4. The van der Waals surface area contributed by atoms with Crippen molar-refractivity contribution >= 4 is 99.7 Å². The van der Waals surface area contributed by atoms with Gasteiger partial charge in [0, 0.05) is 50.7 Å². The number of nitrogens with two attached hydrogens (primary N) is 3. The highest BCUT2D eigenvalue weighted by atomic mass is 31.2. The number of carbonyl (C=O) groups is 6. The van der Waals surface area contributed by atoms with Crippen LogP contribution in [0.2, 0.25) is 18.1 Å². The molecule has 0 saturated carbocycles. The predicted molar refractivity (Wildman–Crippen MR) is 336 cm³/mol. The Morgan fingerprint density at radius 2 is 1.56 bits per heavy atom. The van der Waals surface area contributed by atoms with E-state index < -0.39 is 151 Å². The Morgan fingerprint density at radius 3 is 2.20 bits per heavy atom. The number of urea groups is 1. The van der Waals surface area contributed by atoms with Gasteiger partial charge in [0.25, 0.3) is 5.56 Å². The number of rotatable bonds is 30. The van der Waals surface area contributed by atoms with Crippen LogP contribution < -0.4 is 44.0 Å². The third kappa shape index (κ3) is 19.8. The molecule has 5 aromatic rings. The largest absolute Gasteiger partial charge is 0.472 e. The van der Waals surface area contributed by atoms with Crippen molar-refractivity contribution in [1.29, 1.82) is 0 Å². The van der Waals surface area contributed by atoms with Crippen molar-refractivity contribution in [3.63, 3.8) is 0 Å². The summed E-state index contributed by atoms with van der Waals surface area (Å²) in [6.45, 7) is 10.4. The molecule has 520 valence electrons. The number of likely N-dealkylation sites (N-methyl/N-ethyl adjacent to an activating group) is 2. The summed E-state index contributed by atoms with van der Waals surface area (Å²) in [5.74, 6) is -2.75. The molecule has 95 heavy (non-hydrogen) atoms. The Kier molecular flexibility index (Phi) is 24.5. The maximum atomic E-state index is 14.3. The average Bonchev–Trinajstić information content (AvgIpc) is 1.63. The van der Waals surface area contributed by atoms with Crippen LogP contribution in [0.25, 0.3) is 32.8 Å². The molecule has 2 saturated heterocycles. The number of phosphoric acid groups is 2. The lowest BCUT2D eigenvalue weighted by molar-refractivity contribution is -0.131. The second-order valence-corrected chi connectivity index (χ2v) is 31.4. The first-order chi connectivity index (χ1) is 44.5. The van der Waals surface area contributed by atoms with Gasteiger partial charge >= 0.3 is 33.9 Å². The van der Waals surface area contributed by atoms with E-state index in [9.17, 15) is 57.4 Å². The van der Waals surface area contributed by atoms with Gasteiger partial charge in [0.05, 0.1) is 32.0 Å². The molecule has 4 aromatic heterocycles. The number of H-pyrrole nitrogens is 1. The molecular formula is C52H78N20O20P2Si. The number of nitrogens with zero attached hydrogens (tertiary/aromatic N) is 12. The van der Waals surface area contributed by atoms with Crippen LogP contribution in [-0.2, 0) is 67.1 Å². The summed E-state index contributed by atoms with van der Waals surface area (Å²) >= 11 is 0. The zero-order valence-electron chi connectivity index (χ0n) is 53.2. The van der Waals surface area contributed by atoms with Crippen molar-refractivity contribution in [3.05, 3.63) is 69.6 Å². The molecule has 40 nitrogen and oxygen atoms in total. The maximum Gasteiger partial charge on any atom is 0.472 e. The third-order valence-corrected chi connectivity index (χ3v) is 21.5. The van der Waals surface area contributed by atoms with Crippen LogP contribution in [0.15, 0.2) is 53.2 Å². The lowest BCUT2D eigenvalue weighted by Gasteiger charge is -2.40. The fourth-order valence-electron chi connectivity index (χ4n) is 9.50. The first-order valence-electron chi connectivity index (χ1n) is 29.4. The van der Waals surface area contributed by atoms with E-state index in [4.69, 9.17) is 59.7 Å². The molecule has 7 rings (SSSR count). The van der Waals surface area contributed by atoms with E-state index in [1.54, 1.807) is 26.0 Å². The number of azide groups is 1. The van der Waals surface area contributed by atoms with E-state index >= 15 is 0 Å². The Hall–Kier alpha value is -8.43. The fraction of sp³-hybridized carbons (Fsp3) is 0.577.